The molecular weight excluding hydrogens is 581 g/mol. The normalized spacial score (nSPS) is 14.6. The van der Waals surface area contributed by atoms with E-state index in [0.717, 1.165) is 0 Å². The molecule has 0 aromatic carbocycles. The molecule has 0 bridgehead atoms. The Morgan fingerprint density at radius 2 is 0.479 bits per heavy atom. The zero-order valence-electron chi connectivity index (χ0n) is 33.9. The van der Waals surface area contributed by atoms with Gasteiger partial charge in [-0.05, 0) is 25.7 Å². The van der Waals surface area contributed by atoms with Gasteiger partial charge in [-0.1, -0.05) is 239 Å². The lowest BCUT2D eigenvalue weighted by Crippen LogP contribution is -2.39. The lowest BCUT2D eigenvalue weighted by Gasteiger charge is -2.33. The molecule has 0 aliphatic carbocycles. The van der Waals surface area contributed by atoms with E-state index in [2.05, 4.69) is 43.0 Å². The average molecular weight is 673 g/mol. The highest BCUT2D eigenvalue weighted by molar-refractivity contribution is 4.97. The zero-order chi connectivity index (χ0) is 34.4. The van der Waals surface area contributed by atoms with E-state index in [9.17, 15) is 0 Å². The Kier molecular flexibility index (Phi) is 35.5. The standard InChI is InChI=1S/C46H92N2/c1-4-7-10-13-16-19-21-23-24-25-27-29-31-34-37-40-43-48-45-44-47(42-39-36-33-18-15-12-9-6-3)46(48)41-38-35-32-30-28-26-22-20-17-14-11-8-5-2/h44-46H,4-43H2,1-3H3. The molecule has 0 N–H and O–H groups in total. The van der Waals surface area contributed by atoms with E-state index in [1.165, 1.54) is 257 Å². The minimum atomic E-state index is 0.638. The highest BCUT2D eigenvalue weighted by Crippen LogP contribution is 2.24. The maximum atomic E-state index is 2.73. The van der Waals surface area contributed by atoms with Crippen molar-refractivity contribution < 1.29 is 0 Å². The molecule has 1 aliphatic heterocycles. The second-order valence-electron chi connectivity index (χ2n) is 16.1. The topological polar surface area (TPSA) is 6.48 Å². The van der Waals surface area contributed by atoms with Crippen LogP contribution in [0.1, 0.15) is 265 Å². The average Bonchev–Trinajstić information content (AvgIpc) is 3.48. The van der Waals surface area contributed by atoms with E-state index in [1.807, 2.05) is 0 Å². The summed E-state index contributed by atoms with van der Waals surface area (Å²) in [6, 6.07) is 0. The third-order valence-corrected chi connectivity index (χ3v) is 11.3. The predicted molar refractivity (Wildman–Crippen MR) is 219 cm³/mol. The van der Waals surface area contributed by atoms with E-state index in [4.69, 9.17) is 0 Å². The molecular formula is C46H92N2. The molecule has 0 saturated heterocycles. The highest BCUT2D eigenvalue weighted by atomic mass is 15.4. The Bertz CT molecular complexity index is 630. The van der Waals surface area contributed by atoms with Crippen LogP contribution in [0.4, 0.5) is 0 Å². The quantitative estimate of drug-likeness (QED) is 0.0598. The smallest absolute Gasteiger partial charge is 0.101 e. The summed E-state index contributed by atoms with van der Waals surface area (Å²) >= 11 is 0. The molecule has 2 nitrogen and oxygen atoms in total. The summed E-state index contributed by atoms with van der Waals surface area (Å²) in [5.41, 5.74) is 0. The fraction of sp³-hybridized carbons (Fsp3) is 0.957. The summed E-state index contributed by atoms with van der Waals surface area (Å²) in [5.74, 6) is 0. The Morgan fingerprint density at radius 1 is 0.271 bits per heavy atom. The summed E-state index contributed by atoms with van der Waals surface area (Å²) in [7, 11) is 0. The molecule has 1 rings (SSSR count). The van der Waals surface area contributed by atoms with E-state index in [1.54, 1.807) is 0 Å². The van der Waals surface area contributed by atoms with Crippen molar-refractivity contribution in [3.8, 4) is 0 Å². The maximum Gasteiger partial charge on any atom is 0.101 e. The van der Waals surface area contributed by atoms with Crippen LogP contribution < -0.4 is 0 Å². The lowest BCUT2D eigenvalue weighted by atomic mass is 10.0. The monoisotopic (exact) mass is 673 g/mol. The molecule has 48 heavy (non-hydrogen) atoms. The van der Waals surface area contributed by atoms with Crippen LogP contribution in [0.25, 0.3) is 0 Å². The van der Waals surface area contributed by atoms with E-state index >= 15 is 0 Å². The van der Waals surface area contributed by atoms with Crippen molar-refractivity contribution in [2.45, 2.75) is 271 Å². The van der Waals surface area contributed by atoms with Gasteiger partial charge >= 0.3 is 0 Å². The molecule has 0 saturated carbocycles. The Morgan fingerprint density at radius 3 is 0.729 bits per heavy atom. The first-order valence-electron chi connectivity index (χ1n) is 23.0. The largest absolute Gasteiger partial charge is 0.356 e. The molecule has 0 aromatic heterocycles. The van der Waals surface area contributed by atoms with Gasteiger partial charge in [0.05, 0.1) is 0 Å². The molecule has 1 unspecified atom stereocenters. The molecule has 1 atom stereocenters. The predicted octanol–water partition coefficient (Wildman–Crippen LogP) is 16.3. The van der Waals surface area contributed by atoms with Gasteiger partial charge in [0, 0.05) is 25.5 Å². The van der Waals surface area contributed by atoms with Gasteiger partial charge in [0.1, 0.15) is 6.17 Å². The molecule has 0 fully saturated rings. The molecule has 2 heteroatoms. The van der Waals surface area contributed by atoms with E-state index in [0.29, 0.717) is 6.17 Å². The van der Waals surface area contributed by atoms with Crippen LogP contribution in [0, 0.1) is 0 Å². The van der Waals surface area contributed by atoms with Gasteiger partial charge in [-0.3, -0.25) is 0 Å². The number of unbranched alkanes of at least 4 members (excludes halogenated alkanes) is 34. The van der Waals surface area contributed by atoms with Crippen molar-refractivity contribution >= 4 is 0 Å². The third-order valence-electron chi connectivity index (χ3n) is 11.3. The van der Waals surface area contributed by atoms with Crippen LogP contribution in [0.2, 0.25) is 0 Å². The second-order valence-corrected chi connectivity index (χ2v) is 16.1. The summed E-state index contributed by atoms with van der Waals surface area (Å²) in [6.07, 6.45) is 60.4. The fourth-order valence-electron chi connectivity index (χ4n) is 7.95. The first-order chi connectivity index (χ1) is 23.8. The number of rotatable bonds is 40. The summed E-state index contributed by atoms with van der Waals surface area (Å²) in [6.45, 7) is 9.49. The van der Waals surface area contributed by atoms with Crippen molar-refractivity contribution in [2.75, 3.05) is 13.1 Å². The Balaban J connectivity index is 2.17. The SMILES string of the molecule is CCCCCCCCCCCCCCCCCCN1C=CN(CCCCCCCCCC)C1CCCCCCCCCCCCCCC. The lowest BCUT2D eigenvalue weighted by molar-refractivity contribution is 0.135. The molecule has 0 amide bonds. The molecule has 0 radical (unpaired) electrons. The third kappa shape index (κ3) is 29.1. The Labute approximate surface area is 305 Å². The van der Waals surface area contributed by atoms with Gasteiger partial charge in [0.15, 0.2) is 0 Å². The summed E-state index contributed by atoms with van der Waals surface area (Å²) < 4.78 is 0. The molecule has 1 aliphatic rings. The fourth-order valence-corrected chi connectivity index (χ4v) is 7.95. The Hall–Kier alpha value is -0.660. The number of hydrogen-bond donors (Lipinski definition) is 0. The first kappa shape index (κ1) is 45.4. The van der Waals surface area contributed by atoms with Crippen molar-refractivity contribution in [1.82, 2.24) is 9.80 Å². The maximum absolute atomic E-state index is 2.73. The van der Waals surface area contributed by atoms with Crippen LogP contribution in [0.15, 0.2) is 12.4 Å². The zero-order valence-corrected chi connectivity index (χ0v) is 33.9. The number of hydrogen-bond acceptors (Lipinski definition) is 2. The minimum absolute atomic E-state index is 0.638. The van der Waals surface area contributed by atoms with Gasteiger partial charge in [-0.15, -0.1) is 0 Å². The van der Waals surface area contributed by atoms with Crippen LogP contribution >= 0.6 is 0 Å². The van der Waals surface area contributed by atoms with E-state index in [-0.39, 0.29) is 0 Å². The second kappa shape index (κ2) is 37.6. The highest BCUT2D eigenvalue weighted by Gasteiger charge is 2.24. The molecule has 286 valence electrons. The minimum Gasteiger partial charge on any atom is -0.356 e. The van der Waals surface area contributed by atoms with Crippen LogP contribution in [-0.2, 0) is 0 Å². The van der Waals surface area contributed by atoms with E-state index < -0.39 is 0 Å². The van der Waals surface area contributed by atoms with Crippen molar-refractivity contribution in [3.63, 3.8) is 0 Å². The van der Waals surface area contributed by atoms with Crippen molar-refractivity contribution in [2.24, 2.45) is 0 Å². The van der Waals surface area contributed by atoms with Gasteiger partial charge in [0.2, 0.25) is 0 Å². The molecule has 0 aromatic rings. The molecule has 0 spiro atoms. The van der Waals surface area contributed by atoms with Crippen molar-refractivity contribution in [1.29, 1.82) is 0 Å². The summed E-state index contributed by atoms with van der Waals surface area (Å²) in [5, 5.41) is 0. The van der Waals surface area contributed by atoms with Gasteiger partial charge < -0.3 is 9.80 Å². The molecule has 1 heterocycles. The summed E-state index contributed by atoms with van der Waals surface area (Å²) in [4.78, 5) is 5.46. The van der Waals surface area contributed by atoms with Gasteiger partial charge in [-0.25, -0.2) is 0 Å². The first-order valence-corrected chi connectivity index (χ1v) is 23.0. The van der Waals surface area contributed by atoms with Gasteiger partial charge in [-0.2, -0.15) is 0 Å². The van der Waals surface area contributed by atoms with Gasteiger partial charge in [0.25, 0.3) is 0 Å². The van der Waals surface area contributed by atoms with Crippen molar-refractivity contribution in [3.05, 3.63) is 12.4 Å². The van der Waals surface area contributed by atoms with Crippen LogP contribution in [0.5, 0.6) is 0 Å². The van der Waals surface area contributed by atoms with Crippen LogP contribution in [0.3, 0.4) is 0 Å². The van der Waals surface area contributed by atoms with Crippen LogP contribution in [-0.4, -0.2) is 29.1 Å². The number of nitrogens with zero attached hydrogens (tertiary/aromatic N) is 2.